The molecule has 4 nitrogen and oxygen atoms in total. The SMILES string of the molecule is COc1ccc(CN(C)CC2CCN(C)C2)c2cccnc12. The summed E-state index contributed by atoms with van der Waals surface area (Å²) in [5.74, 6) is 1.64. The van der Waals surface area contributed by atoms with Gasteiger partial charge in [0.25, 0.3) is 0 Å². The average Bonchev–Trinajstić information content (AvgIpc) is 2.92. The summed E-state index contributed by atoms with van der Waals surface area (Å²) in [6.07, 6.45) is 3.14. The van der Waals surface area contributed by atoms with Gasteiger partial charge in [0.05, 0.1) is 7.11 Å². The van der Waals surface area contributed by atoms with Crippen molar-refractivity contribution in [3.05, 3.63) is 36.0 Å². The highest BCUT2D eigenvalue weighted by molar-refractivity contribution is 5.87. The lowest BCUT2D eigenvalue weighted by molar-refractivity contribution is 0.268. The molecule has 0 N–H and O–H groups in total. The van der Waals surface area contributed by atoms with Crippen molar-refractivity contribution < 1.29 is 4.74 Å². The van der Waals surface area contributed by atoms with E-state index in [1.807, 2.05) is 18.3 Å². The summed E-state index contributed by atoms with van der Waals surface area (Å²) in [5.41, 5.74) is 2.27. The van der Waals surface area contributed by atoms with Crippen LogP contribution in [0.3, 0.4) is 0 Å². The maximum absolute atomic E-state index is 5.43. The zero-order chi connectivity index (χ0) is 15.5. The summed E-state index contributed by atoms with van der Waals surface area (Å²) < 4.78 is 5.43. The number of ether oxygens (including phenoxy) is 1. The second kappa shape index (κ2) is 6.63. The Kier molecular flexibility index (Phi) is 4.60. The first-order chi connectivity index (χ1) is 10.7. The van der Waals surface area contributed by atoms with Gasteiger partial charge in [0.15, 0.2) is 0 Å². The zero-order valence-corrected chi connectivity index (χ0v) is 13.7. The molecule has 2 heterocycles. The summed E-state index contributed by atoms with van der Waals surface area (Å²) in [6, 6.07) is 8.33. The second-order valence-electron chi connectivity index (χ2n) is 6.44. The van der Waals surface area contributed by atoms with E-state index in [2.05, 4.69) is 41.0 Å². The molecule has 0 saturated carbocycles. The van der Waals surface area contributed by atoms with E-state index in [0.717, 1.165) is 30.3 Å². The van der Waals surface area contributed by atoms with E-state index in [4.69, 9.17) is 4.74 Å². The molecule has 118 valence electrons. The maximum Gasteiger partial charge on any atom is 0.145 e. The summed E-state index contributed by atoms with van der Waals surface area (Å²) in [4.78, 5) is 9.33. The van der Waals surface area contributed by atoms with E-state index < -0.39 is 0 Å². The number of rotatable bonds is 5. The van der Waals surface area contributed by atoms with E-state index in [-0.39, 0.29) is 0 Å². The molecule has 1 aromatic carbocycles. The van der Waals surface area contributed by atoms with Gasteiger partial charge in [0.2, 0.25) is 0 Å². The molecule has 1 atom stereocenters. The standard InChI is InChI=1S/C18H25N3O/c1-20-10-8-14(11-20)12-21(2)13-15-6-7-17(22-3)18-16(15)5-4-9-19-18/h4-7,9,14H,8,10-13H2,1-3H3. The number of aromatic nitrogens is 1. The highest BCUT2D eigenvalue weighted by atomic mass is 16.5. The van der Waals surface area contributed by atoms with Crippen LogP contribution in [0, 0.1) is 5.92 Å². The van der Waals surface area contributed by atoms with Crippen LogP contribution in [0.1, 0.15) is 12.0 Å². The molecule has 1 fully saturated rings. The molecule has 0 aliphatic carbocycles. The molecule has 2 aromatic rings. The summed E-state index contributed by atoms with van der Waals surface area (Å²) in [6.45, 7) is 4.55. The smallest absolute Gasteiger partial charge is 0.145 e. The van der Waals surface area contributed by atoms with Crippen molar-refractivity contribution in [2.45, 2.75) is 13.0 Å². The van der Waals surface area contributed by atoms with Crippen molar-refractivity contribution in [2.75, 3.05) is 40.8 Å². The third-order valence-electron chi connectivity index (χ3n) is 4.54. The van der Waals surface area contributed by atoms with Crippen LogP contribution in [0.15, 0.2) is 30.5 Å². The molecule has 22 heavy (non-hydrogen) atoms. The van der Waals surface area contributed by atoms with Crippen molar-refractivity contribution in [3.8, 4) is 5.75 Å². The number of fused-ring (bicyclic) bond motifs is 1. The van der Waals surface area contributed by atoms with Gasteiger partial charge in [-0.2, -0.15) is 0 Å². The monoisotopic (exact) mass is 299 g/mol. The summed E-state index contributed by atoms with van der Waals surface area (Å²) in [7, 11) is 6.12. The van der Waals surface area contributed by atoms with E-state index >= 15 is 0 Å². The third-order valence-corrected chi connectivity index (χ3v) is 4.54. The molecule has 1 aromatic heterocycles. The molecule has 0 spiro atoms. The fourth-order valence-electron chi connectivity index (χ4n) is 3.48. The Morgan fingerprint density at radius 3 is 2.95 bits per heavy atom. The average molecular weight is 299 g/mol. The van der Waals surface area contributed by atoms with Crippen LogP contribution >= 0.6 is 0 Å². The first kappa shape index (κ1) is 15.3. The van der Waals surface area contributed by atoms with Gasteiger partial charge < -0.3 is 14.5 Å². The Bertz CT molecular complexity index is 643. The molecule has 1 saturated heterocycles. The quantitative estimate of drug-likeness (QED) is 0.848. The third kappa shape index (κ3) is 3.23. The highest BCUT2D eigenvalue weighted by Crippen LogP contribution is 2.27. The van der Waals surface area contributed by atoms with Gasteiger partial charge in [0.1, 0.15) is 11.3 Å². The summed E-state index contributed by atoms with van der Waals surface area (Å²) >= 11 is 0. The minimum Gasteiger partial charge on any atom is -0.494 e. The van der Waals surface area contributed by atoms with Crippen LogP contribution < -0.4 is 4.74 Å². The van der Waals surface area contributed by atoms with Crippen LogP contribution in [0.2, 0.25) is 0 Å². The molecule has 1 aliphatic heterocycles. The number of methoxy groups -OCH3 is 1. The van der Waals surface area contributed by atoms with E-state index in [1.54, 1.807) is 7.11 Å². The van der Waals surface area contributed by atoms with Crippen LogP contribution in [0.4, 0.5) is 0 Å². The second-order valence-corrected chi connectivity index (χ2v) is 6.44. The zero-order valence-electron chi connectivity index (χ0n) is 13.7. The predicted molar refractivity (Wildman–Crippen MR) is 90.2 cm³/mol. The molecule has 4 heteroatoms. The fraction of sp³-hybridized carbons (Fsp3) is 0.500. The van der Waals surface area contributed by atoms with Crippen molar-refractivity contribution in [1.29, 1.82) is 0 Å². The van der Waals surface area contributed by atoms with Gasteiger partial charge in [-0.1, -0.05) is 12.1 Å². The maximum atomic E-state index is 5.43. The van der Waals surface area contributed by atoms with Gasteiger partial charge in [0, 0.05) is 31.2 Å². The first-order valence-electron chi connectivity index (χ1n) is 7.95. The summed E-state index contributed by atoms with van der Waals surface area (Å²) in [5, 5.41) is 1.19. The van der Waals surface area contributed by atoms with Gasteiger partial charge in [-0.15, -0.1) is 0 Å². The van der Waals surface area contributed by atoms with Crippen LogP contribution in [-0.4, -0.2) is 55.6 Å². The lowest BCUT2D eigenvalue weighted by Gasteiger charge is -2.22. The number of nitrogens with zero attached hydrogens (tertiary/aromatic N) is 3. The Hall–Kier alpha value is -1.65. The van der Waals surface area contributed by atoms with E-state index in [0.29, 0.717) is 0 Å². The number of hydrogen-bond acceptors (Lipinski definition) is 4. The van der Waals surface area contributed by atoms with Crippen molar-refractivity contribution in [3.63, 3.8) is 0 Å². The van der Waals surface area contributed by atoms with Crippen molar-refractivity contribution in [2.24, 2.45) is 5.92 Å². The molecule has 1 aliphatic rings. The van der Waals surface area contributed by atoms with Crippen molar-refractivity contribution >= 4 is 10.9 Å². The molecular formula is C18H25N3O. The van der Waals surface area contributed by atoms with Gasteiger partial charge >= 0.3 is 0 Å². The van der Waals surface area contributed by atoms with Gasteiger partial charge in [-0.25, -0.2) is 0 Å². The fourth-order valence-corrected chi connectivity index (χ4v) is 3.48. The Morgan fingerprint density at radius 1 is 1.36 bits per heavy atom. The molecule has 3 rings (SSSR count). The molecule has 0 radical (unpaired) electrons. The Morgan fingerprint density at radius 2 is 2.23 bits per heavy atom. The minimum atomic E-state index is 0.789. The molecular weight excluding hydrogens is 274 g/mol. The molecule has 0 amide bonds. The lowest BCUT2D eigenvalue weighted by atomic mass is 10.1. The Balaban J connectivity index is 1.76. The molecule has 1 unspecified atom stereocenters. The number of benzene rings is 1. The first-order valence-corrected chi connectivity index (χ1v) is 7.95. The number of likely N-dealkylation sites (tertiary alicyclic amines) is 1. The lowest BCUT2D eigenvalue weighted by Crippen LogP contribution is -2.27. The van der Waals surface area contributed by atoms with Crippen LogP contribution in [-0.2, 0) is 6.54 Å². The van der Waals surface area contributed by atoms with Gasteiger partial charge in [-0.3, -0.25) is 4.98 Å². The van der Waals surface area contributed by atoms with Crippen LogP contribution in [0.5, 0.6) is 5.75 Å². The normalized spacial score (nSPS) is 19.2. The van der Waals surface area contributed by atoms with E-state index in [1.165, 1.54) is 30.5 Å². The predicted octanol–water partition coefficient (Wildman–Crippen LogP) is 2.63. The number of pyridine rings is 1. The van der Waals surface area contributed by atoms with Crippen molar-refractivity contribution in [1.82, 2.24) is 14.8 Å². The minimum absolute atomic E-state index is 0.789. The number of hydrogen-bond donors (Lipinski definition) is 0. The largest absolute Gasteiger partial charge is 0.494 e. The van der Waals surface area contributed by atoms with E-state index in [9.17, 15) is 0 Å². The molecule has 0 bridgehead atoms. The Labute approximate surface area is 132 Å². The van der Waals surface area contributed by atoms with Crippen LogP contribution in [0.25, 0.3) is 10.9 Å². The highest BCUT2D eigenvalue weighted by Gasteiger charge is 2.21. The topological polar surface area (TPSA) is 28.6 Å². The van der Waals surface area contributed by atoms with Gasteiger partial charge in [-0.05, 0) is 50.7 Å².